The maximum Gasteiger partial charge on any atom is 0.291 e. The van der Waals surface area contributed by atoms with Gasteiger partial charge in [0.05, 0.1) is 25.2 Å². The SMILES string of the molecule is O=C(CCC1CN(c2ccc(F)cc2)CCN1C(=O)SC(=O)N1CCN(c2ccc(F)cc2)CC1CCC(=O)N1CCc2c([nH]c3ccccc23)C1)N1CCc2c([nH]c3ccccc23)C1. The first-order chi connectivity index (χ1) is 31.6. The molecule has 4 aromatic carbocycles. The molecule has 2 fully saturated rings. The Morgan fingerprint density at radius 2 is 0.954 bits per heavy atom. The minimum Gasteiger partial charge on any atom is -0.368 e. The lowest BCUT2D eigenvalue weighted by molar-refractivity contribution is -0.133. The summed E-state index contributed by atoms with van der Waals surface area (Å²) in [5.74, 6) is -0.661. The first-order valence-electron chi connectivity index (χ1n) is 22.7. The number of carbonyl (C=O) groups excluding carboxylic acids is 4. The Hall–Kier alpha value is -6.35. The number of amides is 4. The number of para-hydroxylation sites is 2. The van der Waals surface area contributed by atoms with Gasteiger partial charge in [0.1, 0.15) is 11.6 Å². The average molecular weight is 899 g/mol. The van der Waals surface area contributed by atoms with Gasteiger partial charge in [-0.05, 0) is 97.5 Å². The number of fused-ring (bicyclic) bond motifs is 6. The molecule has 6 aromatic rings. The van der Waals surface area contributed by atoms with Gasteiger partial charge in [-0.1, -0.05) is 36.4 Å². The number of rotatable bonds is 8. The van der Waals surface area contributed by atoms with Gasteiger partial charge in [-0.3, -0.25) is 19.2 Å². The van der Waals surface area contributed by atoms with E-state index in [0.29, 0.717) is 90.1 Å². The van der Waals surface area contributed by atoms with Crippen LogP contribution in [0.1, 0.15) is 48.2 Å². The molecule has 2 atom stereocenters. The molecule has 6 heterocycles. The Kier molecular flexibility index (Phi) is 12.0. The molecule has 4 aliphatic rings. The molecule has 0 spiro atoms. The number of anilines is 2. The molecule has 65 heavy (non-hydrogen) atoms. The molecule has 2 saturated heterocycles. The predicted molar refractivity (Wildman–Crippen MR) is 250 cm³/mol. The maximum absolute atomic E-state index is 14.3. The second-order valence-corrected chi connectivity index (χ2v) is 18.5. The van der Waals surface area contributed by atoms with Gasteiger partial charge in [0.2, 0.25) is 11.8 Å². The molecular formula is C50H52F2N8O4S. The summed E-state index contributed by atoms with van der Waals surface area (Å²) < 4.78 is 27.9. The van der Waals surface area contributed by atoms with Crippen LogP contribution in [-0.4, -0.2) is 116 Å². The van der Waals surface area contributed by atoms with Crippen molar-refractivity contribution in [1.82, 2.24) is 29.6 Å². The Morgan fingerprint density at radius 3 is 1.38 bits per heavy atom. The van der Waals surface area contributed by atoms with Crippen LogP contribution in [0.2, 0.25) is 0 Å². The van der Waals surface area contributed by atoms with Crippen molar-refractivity contribution in [3.63, 3.8) is 0 Å². The third-order valence-corrected chi connectivity index (χ3v) is 14.7. The predicted octanol–water partition coefficient (Wildman–Crippen LogP) is 8.31. The fourth-order valence-electron chi connectivity index (χ4n) is 10.4. The van der Waals surface area contributed by atoms with Crippen molar-refractivity contribution in [1.29, 1.82) is 0 Å². The summed E-state index contributed by atoms with van der Waals surface area (Å²) in [6.07, 6.45) is 2.75. The van der Waals surface area contributed by atoms with Gasteiger partial charge < -0.3 is 39.4 Å². The zero-order valence-corrected chi connectivity index (χ0v) is 37.0. The Morgan fingerprint density at radius 1 is 0.538 bits per heavy atom. The quantitative estimate of drug-likeness (QED) is 0.158. The number of piperazine rings is 2. The van der Waals surface area contributed by atoms with E-state index in [-0.39, 0.29) is 58.9 Å². The normalized spacial score (nSPS) is 18.9. The molecule has 4 amide bonds. The van der Waals surface area contributed by atoms with Gasteiger partial charge in [0, 0.05) is 122 Å². The number of nitrogens with zero attached hydrogens (tertiary/aromatic N) is 6. The lowest BCUT2D eigenvalue weighted by Crippen LogP contribution is -2.56. The minimum absolute atomic E-state index is 0.00655. The molecule has 336 valence electrons. The summed E-state index contributed by atoms with van der Waals surface area (Å²) in [4.78, 5) is 74.8. The fourth-order valence-corrected chi connectivity index (χ4v) is 11.2. The smallest absolute Gasteiger partial charge is 0.291 e. The van der Waals surface area contributed by atoms with Crippen LogP contribution in [0.5, 0.6) is 0 Å². The van der Waals surface area contributed by atoms with Crippen LogP contribution in [0, 0.1) is 11.6 Å². The van der Waals surface area contributed by atoms with Crippen LogP contribution in [-0.2, 0) is 35.5 Å². The van der Waals surface area contributed by atoms with E-state index in [0.717, 1.165) is 46.6 Å². The van der Waals surface area contributed by atoms with Crippen molar-refractivity contribution in [3.05, 3.63) is 131 Å². The summed E-state index contributed by atoms with van der Waals surface area (Å²) in [7, 11) is 0. The summed E-state index contributed by atoms with van der Waals surface area (Å²) in [6.45, 7) is 4.63. The van der Waals surface area contributed by atoms with E-state index in [4.69, 9.17) is 0 Å². The second-order valence-electron chi connectivity index (χ2n) is 17.6. The highest BCUT2D eigenvalue weighted by atomic mass is 32.2. The molecule has 10 rings (SSSR count). The standard InChI is InChI=1S/C50H52F2N8O4S/c51-33-9-13-35(14-10-33)55-25-27-59(37(29-55)17-19-47(61)57-23-21-41-39-5-1-3-7-43(39)53-45(41)31-57)49(63)65-50(64)60-28-26-56(36-15-11-34(52)12-16-36)30-38(60)18-20-48(62)58-24-22-42-40-6-2-4-8-44(40)54-46(42)32-58/h1-16,37-38,53-54H,17-32H2. The van der Waals surface area contributed by atoms with Crippen LogP contribution in [0.3, 0.4) is 0 Å². The van der Waals surface area contributed by atoms with Crippen LogP contribution in [0.15, 0.2) is 97.1 Å². The number of hydrogen-bond donors (Lipinski definition) is 2. The van der Waals surface area contributed by atoms with Crippen LogP contribution >= 0.6 is 11.8 Å². The van der Waals surface area contributed by atoms with E-state index in [2.05, 4.69) is 44.0 Å². The third kappa shape index (κ3) is 8.90. The third-order valence-electron chi connectivity index (χ3n) is 13.8. The summed E-state index contributed by atoms with van der Waals surface area (Å²) in [6, 6.07) is 28.2. The minimum atomic E-state index is -0.384. The highest BCUT2D eigenvalue weighted by Crippen LogP contribution is 2.32. The van der Waals surface area contributed by atoms with E-state index in [1.165, 1.54) is 46.2 Å². The lowest BCUT2D eigenvalue weighted by Gasteiger charge is -2.44. The number of halogens is 2. The van der Waals surface area contributed by atoms with Gasteiger partial charge >= 0.3 is 0 Å². The van der Waals surface area contributed by atoms with Crippen molar-refractivity contribution < 1.29 is 28.0 Å². The summed E-state index contributed by atoms with van der Waals surface area (Å²) in [5.41, 5.74) is 8.38. The van der Waals surface area contributed by atoms with E-state index in [9.17, 15) is 28.0 Å². The Bertz CT molecular complexity index is 2560. The molecule has 15 heteroatoms. The number of H-pyrrole nitrogens is 2. The number of carbonyl (C=O) groups is 4. The largest absolute Gasteiger partial charge is 0.368 e. The van der Waals surface area contributed by atoms with Crippen molar-refractivity contribution >= 4 is 67.2 Å². The fraction of sp³-hybridized carbons (Fsp3) is 0.360. The van der Waals surface area contributed by atoms with Crippen LogP contribution < -0.4 is 9.80 Å². The molecular weight excluding hydrogens is 847 g/mol. The monoisotopic (exact) mass is 898 g/mol. The van der Waals surface area contributed by atoms with E-state index >= 15 is 0 Å². The average Bonchev–Trinajstić information content (AvgIpc) is 3.90. The van der Waals surface area contributed by atoms with Crippen LogP contribution in [0.4, 0.5) is 29.7 Å². The van der Waals surface area contributed by atoms with Gasteiger partial charge in [-0.15, -0.1) is 0 Å². The molecule has 12 nitrogen and oxygen atoms in total. The van der Waals surface area contributed by atoms with Crippen molar-refractivity contribution in [2.24, 2.45) is 0 Å². The maximum atomic E-state index is 14.3. The number of thioether (sulfide) groups is 1. The molecule has 2 N–H and O–H groups in total. The van der Waals surface area contributed by atoms with Gasteiger partial charge in [0.15, 0.2) is 0 Å². The number of aromatic amines is 2. The first kappa shape index (κ1) is 42.6. The molecule has 2 unspecified atom stereocenters. The summed E-state index contributed by atoms with van der Waals surface area (Å²) in [5, 5.41) is 1.61. The first-order valence-corrected chi connectivity index (χ1v) is 23.5. The molecule has 2 aromatic heterocycles. The lowest BCUT2D eigenvalue weighted by atomic mass is 10.0. The Labute approximate surface area is 380 Å². The molecule has 0 bridgehead atoms. The number of nitrogens with one attached hydrogen (secondary N) is 2. The number of benzene rings is 4. The van der Waals surface area contributed by atoms with E-state index < -0.39 is 0 Å². The van der Waals surface area contributed by atoms with Crippen molar-refractivity contribution in [2.45, 2.75) is 63.7 Å². The highest BCUT2D eigenvalue weighted by molar-refractivity contribution is 8.25. The zero-order valence-electron chi connectivity index (χ0n) is 36.2. The van der Waals surface area contributed by atoms with Crippen molar-refractivity contribution in [3.8, 4) is 0 Å². The van der Waals surface area contributed by atoms with E-state index in [1.54, 1.807) is 34.1 Å². The highest BCUT2D eigenvalue weighted by Gasteiger charge is 2.37. The summed E-state index contributed by atoms with van der Waals surface area (Å²) >= 11 is 0.670. The molecule has 0 saturated carbocycles. The zero-order chi connectivity index (χ0) is 44.6. The van der Waals surface area contributed by atoms with E-state index in [1.807, 2.05) is 34.1 Å². The van der Waals surface area contributed by atoms with Crippen molar-refractivity contribution in [2.75, 3.05) is 62.2 Å². The topological polar surface area (TPSA) is 119 Å². The number of hydrogen-bond acceptors (Lipinski definition) is 7. The van der Waals surface area contributed by atoms with Gasteiger partial charge in [-0.25, -0.2) is 8.78 Å². The van der Waals surface area contributed by atoms with Crippen LogP contribution in [0.25, 0.3) is 21.8 Å². The Balaban J connectivity index is 0.820. The molecule has 0 radical (unpaired) electrons. The second kappa shape index (κ2) is 18.3. The van der Waals surface area contributed by atoms with Gasteiger partial charge in [0.25, 0.3) is 10.5 Å². The molecule has 4 aliphatic heterocycles. The number of aromatic nitrogens is 2. The molecule has 0 aliphatic carbocycles. The van der Waals surface area contributed by atoms with Gasteiger partial charge in [-0.2, -0.15) is 0 Å².